The van der Waals surface area contributed by atoms with E-state index in [2.05, 4.69) is 26.7 Å². The van der Waals surface area contributed by atoms with E-state index in [1.165, 1.54) is 4.88 Å². The van der Waals surface area contributed by atoms with Crippen molar-refractivity contribution in [1.29, 1.82) is 0 Å². The number of benzene rings is 1. The number of hydrogen-bond donors (Lipinski definition) is 2. The van der Waals surface area contributed by atoms with Crippen molar-refractivity contribution in [2.75, 3.05) is 6.54 Å². The van der Waals surface area contributed by atoms with Crippen LogP contribution in [0.25, 0.3) is 11.0 Å². The molecule has 4 rings (SSSR count). The minimum atomic E-state index is -0.0313. The molecule has 4 aromatic rings. The maximum absolute atomic E-state index is 12.5. The minimum absolute atomic E-state index is 0.0313. The third-order valence-corrected chi connectivity index (χ3v) is 5.14. The maximum atomic E-state index is 12.5. The van der Waals surface area contributed by atoms with Gasteiger partial charge in [-0.25, -0.2) is 4.98 Å². The molecule has 0 bridgehead atoms. The Morgan fingerprint density at radius 1 is 1.15 bits per heavy atom. The van der Waals surface area contributed by atoms with Gasteiger partial charge in [0.25, 0.3) is 5.91 Å². The summed E-state index contributed by atoms with van der Waals surface area (Å²) in [7, 11) is 0. The Balaban J connectivity index is 1.29. The zero-order chi connectivity index (χ0) is 17.8. The van der Waals surface area contributed by atoms with Gasteiger partial charge < -0.3 is 14.9 Å². The lowest BCUT2D eigenvalue weighted by Crippen LogP contribution is -2.27. The fraction of sp³-hybridized carbons (Fsp3) is 0.200. The summed E-state index contributed by atoms with van der Waals surface area (Å²) in [6, 6.07) is 15.9. The molecule has 0 saturated carbocycles. The number of nitrogens with one attached hydrogen (secondary N) is 2. The van der Waals surface area contributed by atoms with Gasteiger partial charge in [0.05, 0.1) is 17.6 Å². The van der Waals surface area contributed by atoms with Crippen LogP contribution in [0.5, 0.6) is 0 Å². The van der Waals surface area contributed by atoms with Crippen LogP contribution in [0.15, 0.2) is 60.1 Å². The molecule has 0 atom stereocenters. The van der Waals surface area contributed by atoms with E-state index in [4.69, 9.17) is 0 Å². The van der Waals surface area contributed by atoms with Crippen LogP contribution >= 0.6 is 11.3 Å². The first kappa shape index (κ1) is 16.6. The van der Waals surface area contributed by atoms with Gasteiger partial charge in [-0.05, 0) is 42.1 Å². The van der Waals surface area contributed by atoms with Crippen molar-refractivity contribution in [3.8, 4) is 0 Å². The largest absolute Gasteiger partial charge is 0.351 e. The van der Waals surface area contributed by atoms with Crippen LogP contribution in [0.4, 0.5) is 0 Å². The average molecular weight is 364 g/mol. The molecule has 0 spiro atoms. The maximum Gasteiger partial charge on any atom is 0.267 e. The van der Waals surface area contributed by atoms with Crippen LogP contribution in [0.3, 0.4) is 0 Å². The SMILES string of the molecule is O=C(NCCCc1nc2ccccc2[nH]1)c1cccn1Cc1cccs1. The van der Waals surface area contributed by atoms with Crippen LogP contribution in [0.1, 0.15) is 27.6 Å². The summed E-state index contributed by atoms with van der Waals surface area (Å²) in [4.78, 5) is 21.6. The molecule has 6 heteroatoms. The van der Waals surface area contributed by atoms with Crippen molar-refractivity contribution in [2.24, 2.45) is 0 Å². The number of carbonyl (C=O) groups excluding carboxylic acids is 1. The summed E-state index contributed by atoms with van der Waals surface area (Å²) < 4.78 is 1.99. The Morgan fingerprint density at radius 3 is 2.92 bits per heavy atom. The molecule has 5 nitrogen and oxygen atoms in total. The number of aromatic nitrogens is 3. The van der Waals surface area contributed by atoms with Crippen LogP contribution in [-0.2, 0) is 13.0 Å². The molecule has 0 radical (unpaired) electrons. The molecule has 0 saturated heterocycles. The van der Waals surface area contributed by atoms with Gasteiger partial charge in [-0.15, -0.1) is 11.3 Å². The standard InChI is InChI=1S/C20H20N4OS/c25-20(18-9-4-12-24(18)14-15-6-5-13-26-15)21-11-3-10-19-22-16-7-1-2-8-17(16)23-19/h1-2,4-9,12-13H,3,10-11,14H2,(H,21,25)(H,22,23). The molecule has 0 unspecified atom stereocenters. The molecule has 132 valence electrons. The Hall–Kier alpha value is -2.86. The first-order chi connectivity index (χ1) is 12.8. The Labute approximate surface area is 155 Å². The van der Waals surface area contributed by atoms with Crippen LogP contribution in [0, 0.1) is 0 Å². The highest BCUT2D eigenvalue weighted by Gasteiger charge is 2.11. The average Bonchev–Trinajstić information content (AvgIpc) is 3.39. The third-order valence-electron chi connectivity index (χ3n) is 4.28. The summed E-state index contributed by atoms with van der Waals surface area (Å²) in [6.07, 6.45) is 3.60. The number of para-hydroxylation sites is 2. The molecular formula is C20H20N4OS. The smallest absolute Gasteiger partial charge is 0.267 e. The summed E-state index contributed by atoms with van der Waals surface area (Å²) in [6.45, 7) is 1.35. The highest BCUT2D eigenvalue weighted by Crippen LogP contribution is 2.13. The zero-order valence-electron chi connectivity index (χ0n) is 14.3. The van der Waals surface area contributed by atoms with Crippen molar-refractivity contribution in [3.05, 3.63) is 76.5 Å². The van der Waals surface area contributed by atoms with Gasteiger partial charge in [-0.3, -0.25) is 4.79 Å². The second-order valence-corrected chi connectivity index (χ2v) is 7.19. The number of aromatic amines is 1. The molecule has 0 fully saturated rings. The van der Waals surface area contributed by atoms with Crippen molar-refractivity contribution in [3.63, 3.8) is 0 Å². The highest BCUT2D eigenvalue weighted by molar-refractivity contribution is 7.09. The van der Waals surface area contributed by atoms with Gasteiger partial charge in [0.15, 0.2) is 0 Å². The minimum Gasteiger partial charge on any atom is -0.351 e. The quantitative estimate of drug-likeness (QED) is 0.490. The number of aryl methyl sites for hydroxylation is 1. The molecule has 1 amide bonds. The van der Waals surface area contributed by atoms with Gasteiger partial charge >= 0.3 is 0 Å². The third kappa shape index (κ3) is 3.70. The molecule has 3 heterocycles. The van der Waals surface area contributed by atoms with Crippen LogP contribution in [0.2, 0.25) is 0 Å². The van der Waals surface area contributed by atoms with Crippen molar-refractivity contribution in [2.45, 2.75) is 19.4 Å². The first-order valence-corrected chi connectivity index (χ1v) is 9.57. The fourth-order valence-electron chi connectivity index (χ4n) is 3.00. The molecule has 26 heavy (non-hydrogen) atoms. The van der Waals surface area contributed by atoms with E-state index in [0.29, 0.717) is 12.2 Å². The van der Waals surface area contributed by atoms with E-state index in [1.807, 2.05) is 53.2 Å². The van der Waals surface area contributed by atoms with Crippen molar-refractivity contribution in [1.82, 2.24) is 19.9 Å². The second-order valence-electron chi connectivity index (χ2n) is 6.16. The summed E-state index contributed by atoms with van der Waals surface area (Å²) >= 11 is 1.70. The predicted molar refractivity (Wildman–Crippen MR) is 105 cm³/mol. The van der Waals surface area contributed by atoms with Gasteiger partial charge in [0, 0.05) is 24.0 Å². The van der Waals surface area contributed by atoms with E-state index in [0.717, 1.165) is 36.2 Å². The van der Waals surface area contributed by atoms with Gasteiger partial charge in [0.2, 0.25) is 0 Å². The highest BCUT2D eigenvalue weighted by atomic mass is 32.1. The number of imidazole rings is 1. The molecule has 1 aromatic carbocycles. The van der Waals surface area contributed by atoms with Crippen molar-refractivity contribution < 1.29 is 4.79 Å². The van der Waals surface area contributed by atoms with Crippen molar-refractivity contribution >= 4 is 28.3 Å². The van der Waals surface area contributed by atoms with E-state index < -0.39 is 0 Å². The number of thiophene rings is 1. The lowest BCUT2D eigenvalue weighted by molar-refractivity contribution is 0.0944. The lowest BCUT2D eigenvalue weighted by Gasteiger charge is -2.08. The topological polar surface area (TPSA) is 62.7 Å². The van der Waals surface area contributed by atoms with Crippen LogP contribution < -0.4 is 5.32 Å². The first-order valence-electron chi connectivity index (χ1n) is 8.69. The number of H-pyrrole nitrogens is 1. The number of amides is 1. The normalized spacial score (nSPS) is 11.1. The molecular weight excluding hydrogens is 344 g/mol. The molecule has 0 aliphatic rings. The van der Waals surface area contributed by atoms with Gasteiger partial charge in [0.1, 0.15) is 11.5 Å². The molecule has 3 aromatic heterocycles. The summed E-state index contributed by atoms with van der Waals surface area (Å²) in [5, 5.41) is 5.06. The number of hydrogen-bond acceptors (Lipinski definition) is 3. The second kappa shape index (κ2) is 7.58. The number of fused-ring (bicyclic) bond motifs is 1. The monoisotopic (exact) mass is 364 g/mol. The fourth-order valence-corrected chi connectivity index (χ4v) is 3.70. The summed E-state index contributed by atoms with van der Waals surface area (Å²) in [5.41, 5.74) is 2.73. The number of carbonyl (C=O) groups is 1. The zero-order valence-corrected chi connectivity index (χ0v) is 15.1. The van der Waals surface area contributed by atoms with Gasteiger partial charge in [-0.2, -0.15) is 0 Å². The summed E-state index contributed by atoms with van der Waals surface area (Å²) in [5.74, 6) is 0.928. The predicted octanol–water partition coefficient (Wildman–Crippen LogP) is 3.84. The Bertz CT molecular complexity index is 967. The van der Waals surface area contributed by atoms with Gasteiger partial charge in [-0.1, -0.05) is 18.2 Å². The number of nitrogens with zero attached hydrogens (tertiary/aromatic N) is 2. The van der Waals surface area contributed by atoms with E-state index in [-0.39, 0.29) is 5.91 Å². The molecule has 2 N–H and O–H groups in total. The Morgan fingerprint density at radius 2 is 2.08 bits per heavy atom. The van der Waals surface area contributed by atoms with E-state index >= 15 is 0 Å². The molecule has 0 aliphatic heterocycles. The molecule has 0 aliphatic carbocycles. The van der Waals surface area contributed by atoms with Crippen LogP contribution in [-0.4, -0.2) is 27.0 Å². The Kier molecular flexibility index (Phi) is 4.84. The van der Waals surface area contributed by atoms with E-state index in [1.54, 1.807) is 11.3 Å². The lowest BCUT2D eigenvalue weighted by atomic mass is 10.3. The van der Waals surface area contributed by atoms with E-state index in [9.17, 15) is 4.79 Å². The number of rotatable bonds is 7.